The molecule has 1 atom stereocenters. The standard InChI is InChI=1S/C18H20BrNO/c1-3-20-17(14-8-4-6-12(2)16(14)19)15-9-5-7-13-10-11-21-18(13)15/h4-9,17,20H,3,10-11H2,1-2H3. The van der Waals surface area contributed by atoms with Gasteiger partial charge in [-0.15, -0.1) is 0 Å². The number of hydrogen-bond acceptors (Lipinski definition) is 2. The molecule has 0 amide bonds. The van der Waals surface area contributed by atoms with Gasteiger partial charge in [-0.25, -0.2) is 0 Å². The Bertz CT molecular complexity index is 654. The number of benzene rings is 2. The minimum atomic E-state index is 0.150. The van der Waals surface area contributed by atoms with E-state index in [-0.39, 0.29) is 6.04 Å². The number of para-hydroxylation sites is 1. The van der Waals surface area contributed by atoms with Crippen LogP contribution < -0.4 is 10.1 Å². The highest BCUT2D eigenvalue weighted by molar-refractivity contribution is 9.10. The van der Waals surface area contributed by atoms with E-state index in [1.54, 1.807) is 0 Å². The molecule has 0 saturated heterocycles. The van der Waals surface area contributed by atoms with Gasteiger partial charge in [0.15, 0.2) is 0 Å². The molecule has 2 aromatic rings. The van der Waals surface area contributed by atoms with Crippen LogP contribution in [0.25, 0.3) is 0 Å². The molecule has 21 heavy (non-hydrogen) atoms. The van der Waals surface area contributed by atoms with Gasteiger partial charge in [0.2, 0.25) is 0 Å². The van der Waals surface area contributed by atoms with Gasteiger partial charge < -0.3 is 10.1 Å². The summed E-state index contributed by atoms with van der Waals surface area (Å²) in [6.45, 7) is 5.97. The second kappa shape index (κ2) is 6.20. The van der Waals surface area contributed by atoms with Crippen molar-refractivity contribution in [3.05, 3.63) is 63.1 Å². The van der Waals surface area contributed by atoms with Crippen LogP contribution in [0.15, 0.2) is 40.9 Å². The maximum Gasteiger partial charge on any atom is 0.127 e. The zero-order valence-corrected chi connectivity index (χ0v) is 14.0. The lowest BCUT2D eigenvalue weighted by Gasteiger charge is -2.23. The van der Waals surface area contributed by atoms with Crippen LogP contribution in [0, 0.1) is 6.92 Å². The average molecular weight is 346 g/mol. The van der Waals surface area contributed by atoms with Crippen molar-refractivity contribution in [2.45, 2.75) is 26.3 Å². The minimum absolute atomic E-state index is 0.150. The van der Waals surface area contributed by atoms with E-state index >= 15 is 0 Å². The Labute approximate surface area is 134 Å². The number of rotatable bonds is 4. The molecule has 3 heteroatoms. The van der Waals surface area contributed by atoms with E-state index in [1.165, 1.54) is 26.7 Å². The summed E-state index contributed by atoms with van der Waals surface area (Å²) in [4.78, 5) is 0. The van der Waals surface area contributed by atoms with Crippen LogP contribution in [-0.4, -0.2) is 13.2 Å². The molecule has 110 valence electrons. The number of ether oxygens (including phenoxy) is 1. The number of nitrogens with one attached hydrogen (secondary N) is 1. The third-order valence-electron chi connectivity index (χ3n) is 4.00. The van der Waals surface area contributed by atoms with Gasteiger partial charge in [0, 0.05) is 16.5 Å². The fraction of sp³-hybridized carbons (Fsp3) is 0.333. The third kappa shape index (κ3) is 2.72. The lowest BCUT2D eigenvalue weighted by atomic mass is 9.95. The predicted octanol–water partition coefficient (Wildman–Crippen LogP) is 4.39. The van der Waals surface area contributed by atoms with E-state index in [2.05, 4.69) is 71.5 Å². The molecule has 0 bridgehead atoms. The minimum Gasteiger partial charge on any atom is -0.493 e. The molecule has 0 radical (unpaired) electrons. The van der Waals surface area contributed by atoms with Crippen molar-refractivity contribution in [3.63, 3.8) is 0 Å². The molecular weight excluding hydrogens is 326 g/mol. The largest absolute Gasteiger partial charge is 0.493 e. The average Bonchev–Trinajstić information content (AvgIpc) is 2.97. The van der Waals surface area contributed by atoms with Crippen LogP contribution in [0.3, 0.4) is 0 Å². The highest BCUT2D eigenvalue weighted by Crippen LogP contribution is 2.38. The summed E-state index contributed by atoms with van der Waals surface area (Å²) in [7, 11) is 0. The number of halogens is 1. The van der Waals surface area contributed by atoms with Crippen molar-refractivity contribution in [2.75, 3.05) is 13.2 Å². The number of fused-ring (bicyclic) bond motifs is 1. The lowest BCUT2D eigenvalue weighted by molar-refractivity contribution is 0.350. The van der Waals surface area contributed by atoms with Gasteiger partial charge >= 0.3 is 0 Å². The molecule has 1 aliphatic rings. The Morgan fingerprint density at radius 1 is 1.19 bits per heavy atom. The van der Waals surface area contributed by atoms with Crippen LogP contribution >= 0.6 is 15.9 Å². The molecule has 1 unspecified atom stereocenters. The molecule has 1 heterocycles. The van der Waals surface area contributed by atoms with Gasteiger partial charge in [0.1, 0.15) is 5.75 Å². The summed E-state index contributed by atoms with van der Waals surface area (Å²) >= 11 is 3.75. The van der Waals surface area contributed by atoms with Crippen molar-refractivity contribution in [1.29, 1.82) is 0 Å². The maximum atomic E-state index is 5.89. The first-order valence-corrected chi connectivity index (χ1v) is 8.24. The van der Waals surface area contributed by atoms with E-state index in [1.807, 2.05) is 0 Å². The number of aryl methyl sites for hydroxylation is 1. The quantitative estimate of drug-likeness (QED) is 0.887. The predicted molar refractivity (Wildman–Crippen MR) is 90.0 cm³/mol. The van der Waals surface area contributed by atoms with E-state index in [9.17, 15) is 0 Å². The first-order chi connectivity index (χ1) is 10.2. The highest BCUT2D eigenvalue weighted by Gasteiger charge is 2.24. The fourth-order valence-electron chi connectivity index (χ4n) is 2.95. The molecule has 2 nitrogen and oxygen atoms in total. The Kier molecular flexibility index (Phi) is 4.32. The van der Waals surface area contributed by atoms with Gasteiger partial charge in [0.05, 0.1) is 12.6 Å². The molecule has 0 spiro atoms. The highest BCUT2D eigenvalue weighted by atomic mass is 79.9. The SMILES string of the molecule is CCNC(c1cccc(C)c1Br)c1cccc2c1OCC2. The van der Waals surface area contributed by atoms with Crippen LogP contribution in [-0.2, 0) is 6.42 Å². The molecule has 3 rings (SSSR count). The van der Waals surface area contributed by atoms with Gasteiger partial charge in [-0.05, 0) is 30.2 Å². The summed E-state index contributed by atoms with van der Waals surface area (Å²) in [5.41, 5.74) is 5.07. The Morgan fingerprint density at radius 3 is 2.76 bits per heavy atom. The first kappa shape index (κ1) is 14.6. The van der Waals surface area contributed by atoms with Crippen LogP contribution in [0.1, 0.15) is 35.2 Å². The van der Waals surface area contributed by atoms with Crippen molar-refractivity contribution in [1.82, 2.24) is 5.32 Å². The van der Waals surface area contributed by atoms with E-state index in [4.69, 9.17) is 4.74 Å². The van der Waals surface area contributed by atoms with Crippen LogP contribution in [0.2, 0.25) is 0 Å². The number of hydrogen-bond donors (Lipinski definition) is 1. The molecule has 0 aliphatic carbocycles. The second-order valence-corrected chi connectivity index (χ2v) is 6.20. The summed E-state index contributed by atoms with van der Waals surface area (Å²) in [6.07, 6.45) is 1.01. The Hall–Kier alpha value is -1.32. The van der Waals surface area contributed by atoms with Gasteiger partial charge in [0.25, 0.3) is 0 Å². The van der Waals surface area contributed by atoms with Crippen molar-refractivity contribution in [2.24, 2.45) is 0 Å². The van der Waals surface area contributed by atoms with Gasteiger partial charge in [-0.3, -0.25) is 0 Å². The lowest BCUT2D eigenvalue weighted by Crippen LogP contribution is -2.23. The van der Waals surface area contributed by atoms with Gasteiger partial charge in [-0.1, -0.05) is 59.3 Å². The van der Waals surface area contributed by atoms with E-state index in [0.717, 1.165) is 25.3 Å². The molecule has 0 fully saturated rings. The monoisotopic (exact) mass is 345 g/mol. The fourth-order valence-corrected chi connectivity index (χ4v) is 3.45. The van der Waals surface area contributed by atoms with Crippen molar-refractivity contribution < 1.29 is 4.74 Å². The summed E-state index contributed by atoms with van der Waals surface area (Å²) in [5.74, 6) is 1.07. The first-order valence-electron chi connectivity index (χ1n) is 7.45. The Balaban J connectivity index is 2.11. The molecule has 0 saturated carbocycles. The maximum absolute atomic E-state index is 5.89. The normalized spacial score (nSPS) is 14.6. The molecule has 1 N–H and O–H groups in total. The molecule has 2 aromatic carbocycles. The molecule has 1 aliphatic heterocycles. The van der Waals surface area contributed by atoms with E-state index < -0.39 is 0 Å². The molecular formula is C18H20BrNO. The molecule has 0 aromatic heterocycles. The summed E-state index contributed by atoms with van der Waals surface area (Å²) < 4.78 is 7.07. The zero-order valence-electron chi connectivity index (χ0n) is 12.4. The topological polar surface area (TPSA) is 21.3 Å². The van der Waals surface area contributed by atoms with Crippen molar-refractivity contribution in [3.8, 4) is 5.75 Å². The smallest absolute Gasteiger partial charge is 0.127 e. The third-order valence-corrected chi connectivity index (χ3v) is 5.08. The van der Waals surface area contributed by atoms with Crippen molar-refractivity contribution >= 4 is 15.9 Å². The summed E-state index contributed by atoms with van der Waals surface area (Å²) in [5, 5.41) is 3.60. The van der Waals surface area contributed by atoms with Gasteiger partial charge in [-0.2, -0.15) is 0 Å². The zero-order chi connectivity index (χ0) is 14.8. The second-order valence-electron chi connectivity index (χ2n) is 5.40. The van der Waals surface area contributed by atoms with E-state index in [0.29, 0.717) is 0 Å². The Morgan fingerprint density at radius 2 is 1.95 bits per heavy atom. The van der Waals surface area contributed by atoms with Crippen LogP contribution in [0.4, 0.5) is 0 Å². The summed E-state index contributed by atoms with van der Waals surface area (Å²) in [6, 6.07) is 13.0. The van der Waals surface area contributed by atoms with Crippen LogP contribution in [0.5, 0.6) is 5.75 Å².